The molecular weight excluding hydrogens is 620 g/mol. The molecule has 250 valence electrons. The molecule has 0 aliphatic carbocycles. The lowest BCUT2D eigenvalue weighted by atomic mass is 9.80. The van der Waals surface area contributed by atoms with Crippen molar-refractivity contribution in [2.24, 2.45) is 11.7 Å². The first-order valence-corrected chi connectivity index (χ1v) is 16.1. The molecule has 0 saturated carbocycles. The van der Waals surface area contributed by atoms with E-state index in [1.54, 1.807) is 42.5 Å². The van der Waals surface area contributed by atoms with Crippen LogP contribution in [0.1, 0.15) is 71.2 Å². The number of nitrogens with one attached hydrogen (secondary N) is 1. The molecule has 0 fully saturated rings. The van der Waals surface area contributed by atoms with Crippen molar-refractivity contribution >= 4 is 5.91 Å². The fourth-order valence-electron chi connectivity index (χ4n) is 5.99. The molecule has 0 unspecified atom stereocenters. The van der Waals surface area contributed by atoms with Gasteiger partial charge in [0.05, 0.1) is 6.04 Å². The summed E-state index contributed by atoms with van der Waals surface area (Å²) in [6.07, 6.45) is -1.66. The van der Waals surface area contributed by atoms with Crippen molar-refractivity contribution in [3.8, 4) is 17.6 Å². The predicted molar refractivity (Wildman–Crippen MR) is 181 cm³/mol. The van der Waals surface area contributed by atoms with E-state index in [0.29, 0.717) is 5.56 Å². The molecule has 4 atom stereocenters. The first-order valence-electron chi connectivity index (χ1n) is 16.1. The second kappa shape index (κ2) is 14.3. The molecule has 0 radical (unpaired) electrons. The van der Waals surface area contributed by atoms with Crippen LogP contribution in [0.15, 0.2) is 108 Å². The average Bonchev–Trinajstić information content (AvgIpc) is 3.57. The number of nitriles is 1. The lowest BCUT2D eigenvalue weighted by Crippen LogP contribution is -2.44. The van der Waals surface area contributed by atoms with E-state index in [-0.39, 0.29) is 65.5 Å². The zero-order valence-electron chi connectivity index (χ0n) is 27.2. The number of nitrogens with zero attached hydrogens (tertiary/aromatic N) is 2. The number of aliphatic hydroxyl groups is 2. The van der Waals surface area contributed by atoms with Crippen LogP contribution in [0.25, 0.3) is 0 Å². The van der Waals surface area contributed by atoms with E-state index in [4.69, 9.17) is 19.6 Å². The molecule has 1 aliphatic rings. The fraction of sp³-hybridized carbons (Fsp3) is 0.256. The molecule has 1 amide bonds. The van der Waals surface area contributed by atoms with Gasteiger partial charge < -0.3 is 35.2 Å². The molecule has 2 heterocycles. The molecule has 10 heteroatoms. The third kappa shape index (κ3) is 6.91. The molecule has 5 N–H and O–H groups in total. The van der Waals surface area contributed by atoms with Crippen molar-refractivity contribution in [3.63, 3.8) is 0 Å². The Morgan fingerprint density at radius 2 is 1.57 bits per heavy atom. The van der Waals surface area contributed by atoms with Gasteiger partial charge in [0.25, 0.3) is 0 Å². The van der Waals surface area contributed by atoms with Gasteiger partial charge in [-0.3, -0.25) is 4.79 Å². The number of benzene rings is 4. The average molecular weight is 659 g/mol. The number of oxazole rings is 1. The third-order valence-electron chi connectivity index (χ3n) is 8.66. The molecule has 1 aromatic heterocycles. The van der Waals surface area contributed by atoms with Gasteiger partial charge in [0.1, 0.15) is 42.9 Å². The number of para-hydroxylation sites is 1. The molecule has 0 spiro atoms. The van der Waals surface area contributed by atoms with Gasteiger partial charge >= 0.3 is 0 Å². The number of aromatic nitrogens is 1. The van der Waals surface area contributed by atoms with E-state index in [2.05, 4.69) is 10.3 Å². The van der Waals surface area contributed by atoms with Crippen molar-refractivity contribution in [1.82, 2.24) is 10.3 Å². The molecular formula is C39H38N4O6. The zero-order valence-corrected chi connectivity index (χ0v) is 27.2. The Kier molecular flexibility index (Phi) is 9.78. The first-order chi connectivity index (χ1) is 23.7. The van der Waals surface area contributed by atoms with Gasteiger partial charge in [-0.05, 0) is 47.2 Å². The summed E-state index contributed by atoms with van der Waals surface area (Å²) in [5.41, 5.74) is 6.40. The number of aliphatic hydroxyl groups excluding tert-OH is 1. The van der Waals surface area contributed by atoms with Gasteiger partial charge in [-0.15, -0.1) is 0 Å². The summed E-state index contributed by atoms with van der Waals surface area (Å²) >= 11 is 0. The SMILES string of the molecule is CC(C)[C@H]1NC(=O)[C@@H](N)Cc2ccc(OCc3ccccc3)c(c2)[C@@H](O)[C@](O)(c2ccccc2OCc2ccccc2)c2oc1nc2C#N. The highest BCUT2D eigenvalue weighted by Crippen LogP contribution is 2.49. The number of nitrogens with two attached hydrogens (primary N) is 1. The predicted octanol–water partition coefficient (Wildman–Crippen LogP) is 5.37. The molecule has 4 aromatic carbocycles. The number of hydrogen-bond donors (Lipinski definition) is 4. The highest BCUT2D eigenvalue weighted by Gasteiger charge is 2.49. The number of fused-ring (bicyclic) bond motifs is 4. The summed E-state index contributed by atoms with van der Waals surface area (Å²) in [6, 6.07) is 31.1. The van der Waals surface area contributed by atoms with Gasteiger partial charge in [0, 0.05) is 11.1 Å². The van der Waals surface area contributed by atoms with Crippen LogP contribution in [0.5, 0.6) is 11.5 Å². The molecule has 49 heavy (non-hydrogen) atoms. The monoisotopic (exact) mass is 658 g/mol. The molecule has 5 aromatic rings. The van der Waals surface area contributed by atoms with E-state index in [9.17, 15) is 20.3 Å². The highest BCUT2D eigenvalue weighted by molar-refractivity contribution is 5.82. The number of ether oxygens (including phenoxy) is 2. The standard InChI is InChI=1S/C39H38N4O6/c1-24(2)34-38-42-31(21-40)36(49-38)39(46,29-15-9-10-16-33(29)48-23-26-13-7-4-8-14-26)35(44)28-19-27(20-30(41)37(45)43-34)17-18-32(28)47-22-25-11-5-3-6-12-25/h3-19,24,30,34-35,44,46H,20,22-23,41H2,1-2H3,(H,43,45)/t30-,34+,35+,39+/m0/s1. The van der Waals surface area contributed by atoms with Crippen LogP contribution in [-0.2, 0) is 30.0 Å². The molecule has 10 nitrogen and oxygen atoms in total. The van der Waals surface area contributed by atoms with Gasteiger partial charge in [-0.1, -0.05) is 98.8 Å². The Bertz CT molecular complexity index is 1960. The maximum Gasteiger partial charge on any atom is 0.237 e. The Hall–Kier alpha value is -5.47. The quantitative estimate of drug-likeness (QED) is 0.172. The van der Waals surface area contributed by atoms with Crippen LogP contribution in [-0.4, -0.2) is 27.1 Å². The van der Waals surface area contributed by atoms with E-state index in [1.165, 1.54) is 0 Å². The van der Waals surface area contributed by atoms with Gasteiger partial charge in [0.15, 0.2) is 17.1 Å². The van der Waals surface area contributed by atoms with E-state index in [1.807, 2.05) is 80.6 Å². The van der Waals surface area contributed by atoms with Gasteiger partial charge in [0.2, 0.25) is 11.8 Å². The minimum absolute atomic E-state index is 0.0121. The van der Waals surface area contributed by atoms with E-state index in [0.717, 1.165) is 11.1 Å². The first kappa shape index (κ1) is 33.4. The summed E-state index contributed by atoms with van der Waals surface area (Å²) in [4.78, 5) is 17.8. The molecule has 0 saturated heterocycles. The van der Waals surface area contributed by atoms with E-state index >= 15 is 0 Å². The molecule has 6 rings (SSSR count). The fourth-order valence-corrected chi connectivity index (χ4v) is 5.99. The normalized spacial score (nSPS) is 20.7. The van der Waals surface area contributed by atoms with E-state index < -0.39 is 29.7 Å². The smallest absolute Gasteiger partial charge is 0.237 e. The largest absolute Gasteiger partial charge is 0.489 e. The summed E-state index contributed by atoms with van der Waals surface area (Å²) < 4.78 is 18.8. The van der Waals surface area contributed by atoms with Crippen molar-refractivity contribution in [2.75, 3.05) is 0 Å². The Labute approximate surface area is 284 Å². The second-order valence-electron chi connectivity index (χ2n) is 12.5. The van der Waals surface area contributed by atoms with Crippen LogP contribution < -0.4 is 20.5 Å². The minimum atomic E-state index is -2.44. The lowest BCUT2D eigenvalue weighted by Gasteiger charge is -2.34. The van der Waals surface area contributed by atoms with Crippen LogP contribution in [0.2, 0.25) is 0 Å². The van der Waals surface area contributed by atoms with Crippen molar-refractivity contribution in [3.05, 3.63) is 148 Å². The van der Waals surface area contributed by atoms with Crippen LogP contribution in [0, 0.1) is 17.2 Å². The second-order valence-corrected chi connectivity index (χ2v) is 12.5. The Morgan fingerprint density at radius 3 is 2.20 bits per heavy atom. The maximum absolute atomic E-state index is 13.4. The van der Waals surface area contributed by atoms with Crippen LogP contribution in [0.4, 0.5) is 0 Å². The topological polar surface area (TPSA) is 164 Å². The lowest BCUT2D eigenvalue weighted by molar-refractivity contribution is -0.123. The Morgan fingerprint density at radius 1 is 0.959 bits per heavy atom. The van der Waals surface area contributed by atoms with Crippen molar-refractivity contribution in [2.45, 2.75) is 57.3 Å². The maximum atomic E-state index is 13.4. The summed E-state index contributed by atoms with van der Waals surface area (Å²) in [7, 11) is 0. The number of hydrogen-bond acceptors (Lipinski definition) is 9. The number of carbonyl (C=O) groups excluding carboxylic acids is 1. The van der Waals surface area contributed by atoms with Crippen LogP contribution in [0.3, 0.4) is 0 Å². The summed E-state index contributed by atoms with van der Waals surface area (Å²) in [5.74, 6) is -0.487. The highest BCUT2D eigenvalue weighted by atomic mass is 16.5. The van der Waals surface area contributed by atoms with Crippen molar-refractivity contribution < 1.29 is 28.9 Å². The van der Waals surface area contributed by atoms with Crippen LogP contribution >= 0.6 is 0 Å². The van der Waals surface area contributed by atoms with Gasteiger partial charge in [-0.2, -0.15) is 5.26 Å². The van der Waals surface area contributed by atoms with Crippen molar-refractivity contribution in [1.29, 1.82) is 5.26 Å². The van der Waals surface area contributed by atoms with Gasteiger partial charge in [-0.25, -0.2) is 4.98 Å². The minimum Gasteiger partial charge on any atom is -0.489 e. The number of rotatable bonds is 8. The Balaban J connectivity index is 1.56. The molecule has 1 aliphatic heterocycles. The number of carbonyl (C=O) groups is 1. The summed E-state index contributed by atoms with van der Waals surface area (Å²) in [6.45, 7) is 4.05. The summed E-state index contributed by atoms with van der Waals surface area (Å²) in [5, 5.41) is 38.9. The number of amides is 1. The molecule has 4 bridgehead atoms. The zero-order chi connectivity index (χ0) is 34.5. The third-order valence-corrected chi connectivity index (χ3v) is 8.66.